The monoisotopic (exact) mass is 1410 g/mol. The van der Waals surface area contributed by atoms with Gasteiger partial charge in [0, 0.05) is 16.7 Å². The topological polar surface area (TPSA) is 159 Å². The Hall–Kier alpha value is -10.5. The van der Waals surface area contributed by atoms with E-state index in [1.165, 1.54) is 53.7 Å². The Balaban J connectivity index is 0.000000195. The predicted molar refractivity (Wildman–Crippen MR) is 390 cm³/mol. The molecule has 2 heterocycles. The molecule has 0 aliphatic rings. The molecule has 100 heavy (non-hydrogen) atoms. The van der Waals surface area contributed by atoms with Gasteiger partial charge in [0.05, 0.1) is 45.0 Å². The van der Waals surface area contributed by atoms with Crippen molar-refractivity contribution in [1.82, 2.24) is 29.9 Å². The van der Waals surface area contributed by atoms with Crippen molar-refractivity contribution in [1.29, 1.82) is 0 Å². The van der Waals surface area contributed by atoms with Gasteiger partial charge < -0.3 is 37.7 Å². The van der Waals surface area contributed by atoms with Crippen LogP contribution in [-0.2, 0) is 4.57 Å². The minimum Gasteiger partial charge on any atom is -0.496 e. The van der Waals surface area contributed by atoms with Crippen molar-refractivity contribution >= 4 is 52.2 Å². The Kier molecular flexibility index (Phi) is 24.3. The molecule has 0 bridgehead atoms. The molecule has 0 N–H and O–H groups in total. The van der Waals surface area contributed by atoms with Gasteiger partial charge in [-0.25, -0.2) is 17.6 Å². The molecule has 0 aliphatic heterocycles. The van der Waals surface area contributed by atoms with Crippen LogP contribution in [0.1, 0.15) is 57.5 Å². The lowest BCUT2D eigenvalue weighted by Gasteiger charge is -2.25. The normalized spacial score (nSPS) is 11.2. The SMILES string of the molecule is C.COc1c(C)cc(P(=O)(c2cc(C)c(OC)c(C)c2)c2c(F)ccc(-c3nc(Oc4ccccc4)nc(Oc4ccccc4)n3)c2F)cc1C.COc1c(C)cc(P(Cl)c2cc(C)c(C)c(C)c2)cc1C.Fc1ccc(-c2nc(Oc3ccccc3)nc(Oc3ccccc3)n2)c(F)c1. The first-order chi connectivity index (χ1) is 47.5. The van der Waals surface area contributed by atoms with Gasteiger partial charge in [0.1, 0.15) is 63.5 Å². The van der Waals surface area contributed by atoms with Crippen LogP contribution in [-0.4, -0.2) is 51.2 Å². The van der Waals surface area contributed by atoms with Gasteiger partial charge in [0.2, 0.25) is 0 Å². The molecular formula is C79H73ClF4N6O8P2. The number of methoxy groups -OCH3 is 3. The maximum atomic E-state index is 17.3. The zero-order valence-corrected chi connectivity index (χ0v) is 58.8. The Morgan fingerprint density at radius 3 is 1.01 bits per heavy atom. The van der Waals surface area contributed by atoms with Crippen molar-refractivity contribution in [3.05, 3.63) is 274 Å². The first-order valence-electron chi connectivity index (χ1n) is 31.0. The molecule has 0 saturated carbocycles. The molecule has 10 aromatic carbocycles. The van der Waals surface area contributed by atoms with Crippen molar-refractivity contribution < 1.29 is 55.3 Å². The van der Waals surface area contributed by atoms with E-state index in [2.05, 4.69) is 88.8 Å². The molecule has 12 aromatic rings. The summed E-state index contributed by atoms with van der Waals surface area (Å²) in [6.45, 7) is 17.8. The molecule has 0 fully saturated rings. The van der Waals surface area contributed by atoms with Gasteiger partial charge in [-0.15, -0.1) is 9.97 Å². The minimum atomic E-state index is -4.30. The number of ether oxygens (including phenoxy) is 7. The molecule has 0 spiro atoms. The van der Waals surface area contributed by atoms with Gasteiger partial charge in [0.15, 0.2) is 18.8 Å². The first-order valence-corrected chi connectivity index (χ1v) is 35.0. The van der Waals surface area contributed by atoms with Crippen molar-refractivity contribution in [3.8, 4) is 87.1 Å². The summed E-state index contributed by atoms with van der Waals surface area (Å²) in [5, 5.41) is 2.23. The van der Waals surface area contributed by atoms with E-state index in [4.69, 9.17) is 44.4 Å². The summed E-state index contributed by atoms with van der Waals surface area (Å²) in [7, 11) is -0.360. The average molecular weight is 1410 g/mol. The second kappa shape index (κ2) is 32.9. The second-order valence-corrected chi connectivity index (χ2v) is 28.2. The fraction of sp³-hybridized carbons (Fsp3) is 0.165. The third kappa shape index (κ3) is 17.1. The van der Waals surface area contributed by atoms with Crippen LogP contribution in [0.25, 0.3) is 22.8 Å². The Morgan fingerprint density at radius 1 is 0.370 bits per heavy atom. The van der Waals surface area contributed by atoms with E-state index < -0.39 is 43.0 Å². The number of aromatic nitrogens is 6. The summed E-state index contributed by atoms with van der Waals surface area (Å²) in [4.78, 5) is 25.5. The third-order valence-corrected chi connectivity index (χ3v) is 21.4. The number of benzene rings is 10. The largest absolute Gasteiger partial charge is 0.496 e. The van der Waals surface area contributed by atoms with Gasteiger partial charge >= 0.3 is 24.0 Å². The highest BCUT2D eigenvalue weighted by Crippen LogP contribution is 2.48. The quantitative estimate of drug-likeness (QED) is 0.0590. The maximum absolute atomic E-state index is 17.3. The lowest BCUT2D eigenvalue weighted by atomic mass is 10.1. The van der Waals surface area contributed by atoms with Crippen LogP contribution in [0.5, 0.6) is 64.3 Å². The molecule has 1 unspecified atom stereocenters. The number of aryl methyl sites for hydroxylation is 8. The lowest BCUT2D eigenvalue weighted by molar-refractivity contribution is 0.397. The van der Waals surface area contributed by atoms with Crippen LogP contribution in [0.3, 0.4) is 0 Å². The van der Waals surface area contributed by atoms with Crippen LogP contribution in [0, 0.1) is 85.6 Å². The molecule has 2 aromatic heterocycles. The predicted octanol–water partition coefficient (Wildman–Crippen LogP) is 19.2. The molecule has 12 rings (SSSR count). The van der Waals surface area contributed by atoms with E-state index in [0.717, 1.165) is 35.1 Å². The van der Waals surface area contributed by atoms with Crippen LogP contribution in [0.15, 0.2) is 200 Å². The highest BCUT2D eigenvalue weighted by molar-refractivity contribution is 7.95. The van der Waals surface area contributed by atoms with Crippen molar-refractivity contribution in [3.63, 3.8) is 0 Å². The second-order valence-electron chi connectivity index (χ2n) is 22.9. The highest BCUT2D eigenvalue weighted by Gasteiger charge is 2.39. The summed E-state index contributed by atoms with van der Waals surface area (Å²) in [6, 6.07) is 55.4. The van der Waals surface area contributed by atoms with E-state index in [1.54, 1.807) is 156 Å². The summed E-state index contributed by atoms with van der Waals surface area (Å²) < 4.78 is 116. The Labute approximate surface area is 585 Å². The van der Waals surface area contributed by atoms with Gasteiger partial charge in [0.25, 0.3) is 0 Å². The number of halogens is 5. The molecule has 0 aliphatic carbocycles. The van der Waals surface area contributed by atoms with Crippen molar-refractivity contribution in [2.24, 2.45) is 0 Å². The van der Waals surface area contributed by atoms with Crippen LogP contribution in [0.2, 0.25) is 0 Å². The smallest absolute Gasteiger partial charge is 0.328 e. The molecule has 1 atom stereocenters. The number of hydrogen-bond donors (Lipinski definition) is 0. The molecule has 0 amide bonds. The molecule has 0 saturated heterocycles. The molecule has 512 valence electrons. The van der Waals surface area contributed by atoms with Gasteiger partial charge in [-0.05, 0) is 244 Å². The number of nitrogens with zero attached hydrogens (tertiary/aromatic N) is 6. The van der Waals surface area contributed by atoms with Crippen LogP contribution in [0.4, 0.5) is 17.6 Å². The zero-order valence-electron chi connectivity index (χ0n) is 56.3. The summed E-state index contributed by atoms with van der Waals surface area (Å²) in [6.07, 6.45) is 0. The number of hydrogen-bond acceptors (Lipinski definition) is 14. The van der Waals surface area contributed by atoms with Crippen LogP contribution >= 0.6 is 25.7 Å². The molecule has 0 radical (unpaired) electrons. The third-order valence-electron chi connectivity index (χ3n) is 15.8. The summed E-state index contributed by atoms with van der Waals surface area (Å²) in [5.74, 6) is 0.0693. The minimum absolute atomic E-state index is 0. The Morgan fingerprint density at radius 2 is 0.680 bits per heavy atom. The fourth-order valence-corrected chi connectivity index (χ4v) is 16.3. The van der Waals surface area contributed by atoms with Gasteiger partial charge in [-0.1, -0.05) is 91.5 Å². The number of para-hydroxylation sites is 4. The van der Waals surface area contributed by atoms with E-state index in [1.807, 2.05) is 24.3 Å². The van der Waals surface area contributed by atoms with Gasteiger partial charge in [-0.3, -0.25) is 0 Å². The van der Waals surface area contributed by atoms with Crippen LogP contribution < -0.4 is 59.7 Å². The zero-order chi connectivity index (χ0) is 70.7. The first kappa shape index (κ1) is 73.7. The van der Waals surface area contributed by atoms with E-state index >= 15 is 13.3 Å². The molecular weight excluding hydrogens is 1330 g/mol. The molecule has 14 nitrogen and oxygen atoms in total. The van der Waals surface area contributed by atoms with E-state index in [-0.39, 0.29) is 64.9 Å². The maximum Gasteiger partial charge on any atom is 0.328 e. The van der Waals surface area contributed by atoms with Crippen molar-refractivity contribution in [2.45, 2.75) is 69.7 Å². The van der Waals surface area contributed by atoms with E-state index in [0.29, 0.717) is 56.8 Å². The lowest BCUT2D eigenvalue weighted by Crippen LogP contribution is -2.31. The van der Waals surface area contributed by atoms with Crippen molar-refractivity contribution in [2.75, 3.05) is 21.3 Å². The molecule has 21 heteroatoms. The van der Waals surface area contributed by atoms with E-state index in [9.17, 15) is 8.78 Å². The van der Waals surface area contributed by atoms with Gasteiger partial charge in [-0.2, -0.15) is 19.9 Å². The standard InChI is InChI=1S/C39H34F2N3O5P.C21H13F2N3O2.C18H22ClOP.CH4/c1-23-19-29(20-24(2)34(23)46-5)50(45,30-21-25(3)35(47-6)26(4)22-30)36-32(40)18-17-31(33(36)41)37-42-38(48-27-13-9-7-10-14-27)44-39(43-37)49-28-15-11-8-12-16-28;22-14-11-12-17(18(23)13-14)19-24-20(27-15-7-3-1-4-8-15)26-21(25-19)28-16-9-5-2-6-10-16;1-11-7-16(8-12(2)15(11)5)21(19)17-9-13(3)18(20-6)14(4)10-17;/h7-22H,1-6H3;1-13H;7-10H,1-6H3;1H4. The Bertz CT molecular complexity index is 4660. The average Bonchev–Trinajstić information content (AvgIpc) is 0.730. The fourth-order valence-electron chi connectivity index (χ4n) is 11.1. The summed E-state index contributed by atoms with van der Waals surface area (Å²) in [5.41, 5.74) is 8.63. The number of rotatable bonds is 18. The summed E-state index contributed by atoms with van der Waals surface area (Å²) >= 11 is 6.79. The highest BCUT2D eigenvalue weighted by atomic mass is 35.7.